The van der Waals surface area contributed by atoms with Crippen molar-refractivity contribution in [1.82, 2.24) is 15.3 Å². The lowest BCUT2D eigenvalue weighted by Crippen LogP contribution is -2.23. The second kappa shape index (κ2) is 6.86. The first-order chi connectivity index (χ1) is 9.35. The molecule has 0 bridgehead atoms. The molecule has 19 heavy (non-hydrogen) atoms. The van der Waals surface area contributed by atoms with Gasteiger partial charge in [-0.15, -0.1) is 12.3 Å². The molecule has 1 N–H and O–H groups in total. The molecule has 2 rings (SSSR count). The number of hydrogen-bond acceptors (Lipinski definition) is 3. The van der Waals surface area contributed by atoms with Crippen LogP contribution < -0.4 is 5.32 Å². The number of aromatic nitrogens is 2. The Morgan fingerprint density at radius 3 is 2.84 bits per heavy atom. The van der Waals surface area contributed by atoms with Crippen molar-refractivity contribution >= 4 is 11.0 Å². The lowest BCUT2D eigenvalue weighted by atomic mass is 10.1. The van der Waals surface area contributed by atoms with E-state index in [9.17, 15) is 0 Å². The number of nitrogens with zero attached hydrogens (tertiary/aromatic N) is 2. The molecule has 98 valence electrons. The van der Waals surface area contributed by atoms with Crippen molar-refractivity contribution in [2.24, 2.45) is 0 Å². The maximum Gasteiger partial charge on any atom is 0.0890 e. The van der Waals surface area contributed by atoms with Gasteiger partial charge in [0, 0.05) is 6.42 Å². The van der Waals surface area contributed by atoms with Gasteiger partial charge in [-0.25, -0.2) is 4.98 Å². The molecule has 0 fully saturated rings. The van der Waals surface area contributed by atoms with Crippen LogP contribution >= 0.6 is 0 Å². The number of nitrogens with one attached hydrogen (secondary N) is 1. The van der Waals surface area contributed by atoms with Crippen LogP contribution in [0.2, 0.25) is 0 Å². The lowest BCUT2D eigenvalue weighted by Gasteiger charge is -2.17. The predicted octanol–water partition coefficient (Wildman–Crippen LogP) is 3.08. The summed E-state index contributed by atoms with van der Waals surface area (Å²) in [4.78, 5) is 9.15. The molecular weight excluding hydrogens is 234 g/mol. The maximum absolute atomic E-state index is 5.36. The van der Waals surface area contributed by atoms with E-state index in [0.29, 0.717) is 0 Å². The van der Waals surface area contributed by atoms with Crippen LogP contribution in [-0.4, -0.2) is 16.5 Å². The van der Waals surface area contributed by atoms with E-state index in [1.165, 1.54) is 0 Å². The van der Waals surface area contributed by atoms with E-state index in [-0.39, 0.29) is 6.04 Å². The van der Waals surface area contributed by atoms with Gasteiger partial charge in [0.2, 0.25) is 0 Å². The van der Waals surface area contributed by atoms with Crippen molar-refractivity contribution < 1.29 is 0 Å². The summed E-state index contributed by atoms with van der Waals surface area (Å²) in [5.41, 5.74) is 2.84. The van der Waals surface area contributed by atoms with Gasteiger partial charge >= 0.3 is 0 Å². The molecule has 0 saturated heterocycles. The van der Waals surface area contributed by atoms with Crippen LogP contribution in [0.15, 0.2) is 30.5 Å². The highest BCUT2D eigenvalue weighted by Crippen LogP contribution is 2.18. The molecular formula is C16H19N3. The molecule has 3 heteroatoms. The molecule has 0 spiro atoms. The zero-order chi connectivity index (χ0) is 13.5. The van der Waals surface area contributed by atoms with Gasteiger partial charge in [0.15, 0.2) is 0 Å². The highest BCUT2D eigenvalue weighted by molar-refractivity contribution is 5.73. The molecule has 1 heterocycles. The number of terminal acetylenes is 1. The van der Waals surface area contributed by atoms with Gasteiger partial charge in [-0.3, -0.25) is 4.98 Å². The fourth-order valence-electron chi connectivity index (χ4n) is 2.04. The molecule has 1 atom stereocenters. The normalized spacial score (nSPS) is 12.2. The quantitative estimate of drug-likeness (QED) is 0.804. The lowest BCUT2D eigenvalue weighted by molar-refractivity contribution is 0.495. The topological polar surface area (TPSA) is 37.8 Å². The first kappa shape index (κ1) is 13.5. The third kappa shape index (κ3) is 3.52. The van der Waals surface area contributed by atoms with Crippen LogP contribution in [-0.2, 0) is 0 Å². The Balaban J connectivity index is 2.24. The van der Waals surface area contributed by atoms with Crippen molar-refractivity contribution in [3.63, 3.8) is 0 Å². The maximum atomic E-state index is 5.36. The Kier molecular flexibility index (Phi) is 4.88. The van der Waals surface area contributed by atoms with Crippen LogP contribution in [0.25, 0.3) is 11.0 Å². The van der Waals surface area contributed by atoms with E-state index >= 15 is 0 Å². The monoisotopic (exact) mass is 253 g/mol. The van der Waals surface area contributed by atoms with E-state index in [4.69, 9.17) is 6.42 Å². The molecule has 3 nitrogen and oxygen atoms in total. The van der Waals surface area contributed by atoms with Crippen molar-refractivity contribution in [2.75, 3.05) is 6.54 Å². The average molecular weight is 253 g/mol. The van der Waals surface area contributed by atoms with Crippen LogP contribution in [0.1, 0.15) is 37.9 Å². The third-order valence-corrected chi connectivity index (χ3v) is 3.04. The number of fused-ring (bicyclic) bond motifs is 1. The number of rotatable bonds is 6. The number of hydrogen-bond donors (Lipinski definition) is 1. The van der Waals surface area contributed by atoms with Gasteiger partial charge in [0.05, 0.1) is 29.0 Å². The third-order valence-electron chi connectivity index (χ3n) is 3.04. The zero-order valence-electron chi connectivity index (χ0n) is 11.3. The highest BCUT2D eigenvalue weighted by atomic mass is 14.9. The van der Waals surface area contributed by atoms with Crippen molar-refractivity contribution in [1.29, 1.82) is 0 Å². The molecule has 0 saturated carbocycles. The molecule has 0 aliphatic carbocycles. The molecule has 0 radical (unpaired) electrons. The predicted molar refractivity (Wildman–Crippen MR) is 78.6 cm³/mol. The average Bonchev–Trinajstić information content (AvgIpc) is 2.47. The van der Waals surface area contributed by atoms with Gasteiger partial charge in [-0.2, -0.15) is 0 Å². The van der Waals surface area contributed by atoms with E-state index in [2.05, 4.69) is 28.1 Å². The molecule has 0 amide bonds. The summed E-state index contributed by atoms with van der Waals surface area (Å²) in [6.45, 7) is 3.11. The largest absolute Gasteiger partial charge is 0.309 e. The summed E-state index contributed by atoms with van der Waals surface area (Å²) >= 11 is 0. The Hall–Kier alpha value is -1.92. The van der Waals surface area contributed by atoms with Gasteiger partial charge in [-0.05, 0) is 31.5 Å². The second-order valence-corrected chi connectivity index (χ2v) is 4.53. The molecule has 2 aromatic rings. The van der Waals surface area contributed by atoms with Gasteiger partial charge in [0.25, 0.3) is 0 Å². The Morgan fingerprint density at radius 1 is 1.32 bits per heavy atom. The Morgan fingerprint density at radius 2 is 2.11 bits per heavy atom. The van der Waals surface area contributed by atoms with E-state index in [1.54, 1.807) is 0 Å². The number of benzene rings is 1. The molecule has 0 aliphatic rings. The standard InChI is InChI=1S/C16H19N3/c1-3-5-8-14(17-11-4-2)16-12-18-13-9-6-7-10-15(13)19-16/h1,6-7,9-10,12,14,17H,4-5,8,11H2,2H3. The molecule has 0 aliphatic heterocycles. The highest BCUT2D eigenvalue weighted by Gasteiger charge is 2.12. The molecule has 1 aromatic heterocycles. The van der Waals surface area contributed by atoms with Crippen LogP contribution in [0.5, 0.6) is 0 Å². The summed E-state index contributed by atoms with van der Waals surface area (Å²) in [5, 5.41) is 3.49. The first-order valence-corrected chi connectivity index (χ1v) is 6.73. The smallest absolute Gasteiger partial charge is 0.0890 e. The minimum atomic E-state index is 0.188. The summed E-state index contributed by atoms with van der Waals surface area (Å²) in [7, 11) is 0. The van der Waals surface area contributed by atoms with Crippen molar-refractivity contribution in [3.8, 4) is 12.3 Å². The van der Waals surface area contributed by atoms with Crippen LogP contribution in [0.3, 0.4) is 0 Å². The zero-order valence-corrected chi connectivity index (χ0v) is 11.3. The van der Waals surface area contributed by atoms with Crippen molar-refractivity contribution in [3.05, 3.63) is 36.2 Å². The molecule has 1 aromatic carbocycles. The SMILES string of the molecule is C#CCCC(NCCC)c1cnc2ccccc2n1. The van der Waals surface area contributed by atoms with Gasteiger partial charge in [0.1, 0.15) is 0 Å². The fourth-order valence-corrected chi connectivity index (χ4v) is 2.04. The first-order valence-electron chi connectivity index (χ1n) is 6.73. The summed E-state index contributed by atoms with van der Waals surface area (Å²) in [6.07, 6.45) is 9.94. The number of para-hydroxylation sites is 2. The van der Waals surface area contributed by atoms with Gasteiger partial charge in [-0.1, -0.05) is 19.1 Å². The summed E-state index contributed by atoms with van der Waals surface area (Å²) in [5.74, 6) is 2.69. The Labute approximate surface area is 114 Å². The van der Waals surface area contributed by atoms with Crippen LogP contribution in [0.4, 0.5) is 0 Å². The van der Waals surface area contributed by atoms with Gasteiger partial charge < -0.3 is 5.32 Å². The summed E-state index contributed by atoms with van der Waals surface area (Å²) < 4.78 is 0. The second-order valence-electron chi connectivity index (χ2n) is 4.53. The molecule has 1 unspecified atom stereocenters. The van der Waals surface area contributed by atoms with E-state index in [0.717, 1.165) is 42.5 Å². The minimum Gasteiger partial charge on any atom is -0.309 e. The summed E-state index contributed by atoms with van der Waals surface area (Å²) in [6, 6.07) is 8.11. The fraction of sp³-hybridized carbons (Fsp3) is 0.375. The Bertz CT molecular complexity index is 571. The van der Waals surface area contributed by atoms with E-state index < -0.39 is 0 Å². The van der Waals surface area contributed by atoms with Crippen LogP contribution in [0, 0.1) is 12.3 Å². The minimum absolute atomic E-state index is 0.188. The van der Waals surface area contributed by atoms with E-state index in [1.807, 2.05) is 30.5 Å². The van der Waals surface area contributed by atoms with Crippen molar-refractivity contribution in [2.45, 2.75) is 32.2 Å².